The second-order valence-electron chi connectivity index (χ2n) is 6.05. The highest BCUT2D eigenvalue weighted by Gasteiger charge is 2.30. The van der Waals surface area contributed by atoms with Crippen molar-refractivity contribution in [3.63, 3.8) is 0 Å². The monoisotopic (exact) mass is 342 g/mol. The number of rotatable bonds is 3. The summed E-state index contributed by atoms with van der Waals surface area (Å²) in [6.45, 7) is 1.05. The molecule has 25 heavy (non-hydrogen) atoms. The third kappa shape index (κ3) is 2.79. The zero-order chi connectivity index (χ0) is 17.4. The number of benzene rings is 1. The Morgan fingerprint density at radius 2 is 2.12 bits per heavy atom. The van der Waals surface area contributed by atoms with Gasteiger partial charge in [-0.1, -0.05) is 0 Å². The summed E-state index contributed by atoms with van der Waals surface area (Å²) in [6.07, 6.45) is 1.97. The van der Waals surface area contributed by atoms with Crippen molar-refractivity contribution in [3.8, 4) is 11.5 Å². The third-order valence-electron chi connectivity index (χ3n) is 4.49. The fraction of sp³-hybridized carbons (Fsp3) is 0.353. The van der Waals surface area contributed by atoms with Crippen LogP contribution >= 0.6 is 0 Å². The molecule has 0 bridgehead atoms. The molecule has 1 unspecified atom stereocenters. The van der Waals surface area contributed by atoms with Crippen LogP contribution in [0.1, 0.15) is 28.5 Å². The van der Waals surface area contributed by atoms with Gasteiger partial charge in [0.15, 0.2) is 11.5 Å². The lowest BCUT2D eigenvalue weighted by molar-refractivity contribution is -0.121. The molecule has 8 nitrogen and oxygen atoms in total. The van der Waals surface area contributed by atoms with Crippen molar-refractivity contribution in [1.82, 2.24) is 20.0 Å². The summed E-state index contributed by atoms with van der Waals surface area (Å²) in [5.41, 5.74) is 1.45. The van der Waals surface area contributed by atoms with Gasteiger partial charge < -0.3 is 19.7 Å². The molecule has 1 aromatic carbocycles. The largest absolute Gasteiger partial charge is 0.454 e. The molecule has 0 aliphatic carbocycles. The molecular formula is C17H18N4O4. The molecule has 1 atom stereocenters. The van der Waals surface area contributed by atoms with Gasteiger partial charge in [0.1, 0.15) is 0 Å². The van der Waals surface area contributed by atoms with Crippen LogP contribution in [0.4, 0.5) is 0 Å². The molecule has 1 N–H and O–H groups in total. The van der Waals surface area contributed by atoms with E-state index in [0.717, 1.165) is 5.69 Å². The van der Waals surface area contributed by atoms with E-state index in [1.54, 1.807) is 36.3 Å². The van der Waals surface area contributed by atoms with Crippen molar-refractivity contribution in [3.05, 3.63) is 41.7 Å². The maximum atomic E-state index is 12.9. The first-order chi connectivity index (χ1) is 12.2. The molecule has 2 aromatic rings. The van der Waals surface area contributed by atoms with Crippen LogP contribution in [0.2, 0.25) is 0 Å². The zero-order valence-corrected chi connectivity index (χ0v) is 13.8. The smallest absolute Gasteiger partial charge is 0.254 e. The van der Waals surface area contributed by atoms with Gasteiger partial charge in [0, 0.05) is 25.4 Å². The van der Waals surface area contributed by atoms with Crippen molar-refractivity contribution in [2.75, 3.05) is 20.4 Å². The van der Waals surface area contributed by atoms with E-state index in [1.165, 1.54) is 0 Å². The fourth-order valence-electron chi connectivity index (χ4n) is 3.22. The first-order valence-corrected chi connectivity index (χ1v) is 8.07. The Bertz CT molecular complexity index is 832. The second-order valence-corrected chi connectivity index (χ2v) is 6.05. The number of hydrogen-bond acceptors (Lipinski definition) is 5. The Hall–Kier alpha value is -3.03. The summed E-state index contributed by atoms with van der Waals surface area (Å²) in [5.74, 6) is 1.04. The summed E-state index contributed by atoms with van der Waals surface area (Å²) in [6, 6.07) is 6.86. The fourth-order valence-corrected chi connectivity index (χ4v) is 3.22. The molecule has 1 aromatic heterocycles. The number of ether oxygens (including phenoxy) is 2. The quantitative estimate of drug-likeness (QED) is 0.897. The van der Waals surface area contributed by atoms with Crippen LogP contribution in [0.3, 0.4) is 0 Å². The molecule has 4 rings (SSSR count). The van der Waals surface area contributed by atoms with Gasteiger partial charge in [-0.25, -0.2) is 0 Å². The highest BCUT2D eigenvalue weighted by Crippen LogP contribution is 2.33. The Kier molecular flexibility index (Phi) is 3.79. The molecule has 8 heteroatoms. The maximum absolute atomic E-state index is 12.9. The topological polar surface area (TPSA) is 85.7 Å². The molecule has 3 heterocycles. The van der Waals surface area contributed by atoms with Crippen LogP contribution in [-0.2, 0) is 11.3 Å². The summed E-state index contributed by atoms with van der Waals surface area (Å²) < 4.78 is 12.5. The Labute approximate surface area is 144 Å². The lowest BCUT2D eigenvalue weighted by Crippen LogP contribution is -2.42. The van der Waals surface area contributed by atoms with Gasteiger partial charge in [0.05, 0.1) is 24.7 Å². The SMILES string of the molecule is CNC(=O)CC1CN(C(=O)c2ccc3c(c2)OCO3)Cc2ccnn21. The molecular weight excluding hydrogens is 324 g/mol. The molecule has 0 saturated heterocycles. The average Bonchev–Trinajstić information content (AvgIpc) is 3.29. The van der Waals surface area contributed by atoms with Crippen molar-refractivity contribution < 1.29 is 19.1 Å². The normalized spacial score (nSPS) is 18.0. The number of nitrogens with zero attached hydrogens (tertiary/aromatic N) is 3. The van der Waals surface area contributed by atoms with Crippen molar-refractivity contribution in [2.24, 2.45) is 0 Å². The summed E-state index contributed by atoms with van der Waals surface area (Å²) in [5, 5.41) is 6.93. The van der Waals surface area contributed by atoms with E-state index in [2.05, 4.69) is 10.4 Å². The van der Waals surface area contributed by atoms with Gasteiger partial charge in [-0.05, 0) is 24.3 Å². The zero-order valence-electron chi connectivity index (χ0n) is 13.8. The number of amides is 2. The molecule has 0 saturated carbocycles. The number of carbonyl (C=O) groups excluding carboxylic acids is 2. The first-order valence-electron chi connectivity index (χ1n) is 8.07. The van der Waals surface area contributed by atoms with E-state index in [4.69, 9.17) is 9.47 Å². The minimum Gasteiger partial charge on any atom is -0.454 e. The van der Waals surface area contributed by atoms with Gasteiger partial charge in [-0.3, -0.25) is 14.3 Å². The second kappa shape index (κ2) is 6.12. The summed E-state index contributed by atoms with van der Waals surface area (Å²) in [4.78, 5) is 26.5. The maximum Gasteiger partial charge on any atom is 0.254 e. The van der Waals surface area contributed by atoms with Crippen molar-refractivity contribution >= 4 is 11.8 Å². The lowest BCUT2D eigenvalue weighted by Gasteiger charge is -2.33. The molecule has 0 spiro atoms. The van der Waals surface area contributed by atoms with E-state index in [1.807, 2.05) is 10.7 Å². The minimum absolute atomic E-state index is 0.0798. The molecule has 2 amide bonds. The summed E-state index contributed by atoms with van der Waals surface area (Å²) in [7, 11) is 1.60. The minimum atomic E-state index is -0.184. The van der Waals surface area contributed by atoms with Crippen LogP contribution in [-0.4, -0.2) is 46.9 Å². The third-order valence-corrected chi connectivity index (χ3v) is 4.49. The molecule has 2 aliphatic rings. The van der Waals surface area contributed by atoms with E-state index < -0.39 is 0 Å². The van der Waals surface area contributed by atoms with E-state index in [0.29, 0.717) is 30.2 Å². The van der Waals surface area contributed by atoms with Gasteiger partial charge in [0.2, 0.25) is 12.7 Å². The molecule has 2 aliphatic heterocycles. The highest BCUT2D eigenvalue weighted by atomic mass is 16.7. The van der Waals surface area contributed by atoms with E-state index in [9.17, 15) is 9.59 Å². The molecule has 0 fully saturated rings. The van der Waals surface area contributed by atoms with Crippen LogP contribution < -0.4 is 14.8 Å². The Morgan fingerprint density at radius 3 is 2.96 bits per heavy atom. The predicted octanol–water partition coefficient (Wildman–Crippen LogP) is 0.945. The van der Waals surface area contributed by atoms with Gasteiger partial charge in [-0.2, -0.15) is 5.10 Å². The van der Waals surface area contributed by atoms with Crippen LogP contribution in [0, 0.1) is 0 Å². The van der Waals surface area contributed by atoms with Crippen molar-refractivity contribution in [2.45, 2.75) is 19.0 Å². The Morgan fingerprint density at radius 1 is 1.28 bits per heavy atom. The summed E-state index contributed by atoms with van der Waals surface area (Å²) >= 11 is 0. The highest BCUT2D eigenvalue weighted by molar-refractivity contribution is 5.95. The first kappa shape index (κ1) is 15.5. The van der Waals surface area contributed by atoms with Crippen LogP contribution in [0.5, 0.6) is 11.5 Å². The van der Waals surface area contributed by atoms with Gasteiger partial charge in [-0.15, -0.1) is 0 Å². The average molecular weight is 342 g/mol. The molecule has 130 valence electrons. The number of fused-ring (bicyclic) bond motifs is 2. The van der Waals surface area contributed by atoms with E-state index >= 15 is 0 Å². The number of carbonyl (C=O) groups is 2. The Balaban J connectivity index is 1.58. The van der Waals surface area contributed by atoms with Gasteiger partial charge in [0.25, 0.3) is 5.91 Å². The lowest BCUT2D eigenvalue weighted by atomic mass is 10.1. The molecule has 0 radical (unpaired) electrons. The van der Waals surface area contributed by atoms with E-state index in [-0.39, 0.29) is 31.1 Å². The predicted molar refractivity (Wildman–Crippen MR) is 87.3 cm³/mol. The van der Waals surface area contributed by atoms with Crippen LogP contribution in [0.15, 0.2) is 30.5 Å². The van der Waals surface area contributed by atoms with Crippen LogP contribution in [0.25, 0.3) is 0 Å². The number of nitrogens with one attached hydrogen (secondary N) is 1. The number of hydrogen-bond donors (Lipinski definition) is 1. The number of aromatic nitrogens is 2. The van der Waals surface area contributed by atoms with Crippen molar-refractivity contribution in [1.29, 1.82) is 0 Å². The van der Waals surface area contributed by atoms with Gasteiger partial charge >= 0.3 is 0 Å². The standard InChI is InChI=1S/C17H18N4O4/c1-18-16(22)7-13-9-20(8-12-4-5-19-21(12)13)17(23)11-2-3-14-15(6-11)25-10-24-14/h2-6,13H,7-10H2,1H3,(H,18,22).